The normalized spacial score (nSPS) is 11.0. The van der Waals surface area contributed by atoms with Gasteiger partial charge in [-0.1, -0.05) is 0 Å². The molecule has 4 aromatic rings. The van der Waals surface area contributed by atoms with Crippen molar-refractivity contribution in [2.24, 2.45) is 0 Å². The number of hydrogen-bond donors (Lipinski definition) is 1. The number of nitrogens with one attached hydrogen (secondary N) is 1. The molecule has 0 saturated heterocycles. The van der Waals surface area contributed by atoms with Crippen LogP contribution in [0.3, 0.4) is 0 Å². The zero-order valence-electron chi connectivity index (χ0n) is 13.0. The van der Waals surface area contributed by atoms with Crippen molar-refractivity contribution in [2.45, 2.75) is 0 Å². The third kappa shape index (κ3) is 2.28. The van der Waals surface area contributed by atoms with Crippen molar-refractivity contribution in [3.63, 3.8) is 0 Å². The van der Waals surface area contributed by atoms with Crippen molar-refractivity contribution in [2.75, 3.05) is 12.4 Å². The molecule has 0 aliphatic carbocycles. The smallest absolute Gasteiger partial charge is 0.337 e. The van der Waals surface area contributed by atoms with Gasteiger partial charge < -0.3 is 10.1 Å². The van der Waals surface area contributed by atoms with Gasteiger partial charge >= 0.3 is 11.7 Å². The highest BCUT2D eigenvalue weighted by molar-refractivity contribution is 6.12. The number of rotatable bonds is 4. The maximum Gasteiger partial charge on any atom is 0.337 e. The van der Waals surface area contributed by atoms with E-state index in [9.17, 15) is 14.9 Å². The lowest BCUT2D eigenvalue weighted by Gasteiger charge is -2.08. The van der Waals surface area contributed by atoms with E-state index >= 15 is 0 Å². The first-order valence-corrected chi connectivity index (χ1v) is 7.10. The van der Waals surface area contributed by atoms with Gasteiger partial charge in [0, 0.05) is 5.69 Å². The van der Waals surface area contributed by atoms with E-state index in [1.54, 1.807) is 12.1 Å². The average molecular weight is 356 g/mol. The topological polar surface area (TPSA) is 159 Å². The first-order chi connectivity index (χ1) is 12.6. The maximum absolute atomic E-state index is 11.6. The summed E-state index contributed by atoms with van der Waals surface area (Å²) in [6.45, 7) is 0. The molecule has 1 N–H and O–H groups in total. The number of ether oxygens (including phenoxy) is 1. The van der Waals surface area contributed by atoms with E-state index in [4.69, 9.17) is 0 Å². The number of anilines is 2. The lowest BCUT2D eigenvalue weighted by molar-refractivity contribution is -0.382. The van der Waals surface area contributed by atoms with Crippen LogP contribution >= 0.6 is 0 Å². The fraction of sp³-hybridized carbons (Fsp3) is 0.0714. The van der Waals surface area contributed by atoms with Gasteiger partial charge in [-0.05, 0) is 44.9 Å². The number of hydrogen-bond acceptors (Lipinski definition) is 11. The van der Waals surface area contributed by atoms with Gasteiger partial charge in [0.05, 0.1) is 17.6 Å². The molecule has 12 heteroatoms. The zero-order chi connectivity index (χ0) is 18.3. The molecule has 0 aliphatic heterocycles. The van der Waals surface area contributed by atoms with Crippen LogP contribution in [0.15, 0.2) is 33.5 Å². The number of benzene rings is 2. The van der Waals surface area contributed by atoms with Crippen LogP contribution in [0.5, 0.6) is 0 Å². The lowest BCUT2D eigenvalue weighted by atomic mass is 10.1. The van der Waals surface area contributed by atoms with Gasteiger partial charge in [-0.25, -0.2) is 14.1 Å². The molecule has 0 amide bonds. The third-order valence-corrected chi connectivity index (χ3v) is 3.66. The molecule has 0 atom stereocenters. The number of nitro groups is 1. The Morgan fingerprint density at radius 1 is 1.04 bits per heavy atom. The summed E-state index contributed by atoms with van der Waals surface area (Å²) in [5.41, 5.74) is 0.656. The summed E-state index contributed by atoms with van der Waals surface area (Å²) in [6.07, 6.45) is 0. The molecule has 2 aromatic carbocycles. The van der Waals surface area contributed by atoms with E-state index in [0.29, 0.717) is 11.3 Å². The molecule has 2 aromatic heterocycles. The van der Waals surface area contributed by atoms with Crippen molar-refractivity contribution in [1.29, 1.82) is 0 Å². The van der Waals surface area contributed by atoms with Crippen LogP contribution in [0, 0.1) is 10.1 Å². The molecule has 26 heavy (non-hydrogen) atoms. The molecule has 0 unspecified atom stereocenters. The number of carbonyl (C=O) groups is 1. The molecule has 0 spiro atoms. The first kappa shape index (κ1) is 15.4. The van der Waals surface area contributed by atoms with Crippen molar-refractivity contribution in [3.05, 3.63) is 39.9 Å². The second kappa shape index (κ2) is 5.77. The fourth-order valence-electron chi connectivity index (χ4n) is 2.49. The van der Waals surface area contributed by atoms with Crippen LogP contribution in [0.2, 0.25) is 0 Å². The number of methoxy groups -OCH3 is 1. The fourth-order valence-corrected chi connectivity index (χ4v) is 2.49. The number of esters is 1. The van der Waals surface area contributed by atoms with E-state index in [2.05, 4.69) is 39.9 Å². The molecule has 0 radical (unpaired) electrons. The maximum atomic E-state index is 11.6. The highest BCUT2D eigenvalue weighted by Gasteiger charge is 2.30. The summed E-state index contributed by atoms with van der Waals surface area (Å²) in [4.78, 5) is 22.4. The zero-order valence-corrected chi connectivity index (χ0v) is 13.0. The number of carbonyl (C=O) groups excluding carboxylic acids is 1. The molecule has 12 nitrogen and oxygen atoms in total. The predicted molar refractivity (Wildman–Crippen MR) is 84.9 cm³/mol. The summed E-state index contributed by atoms with van der Waals surface area (Å²) in [5.74, 6) is -0.499. The quantitative estimate of drug-likeness (QED) is 0.324. The van der Waals surface area contributed by atoms with Crippen molar-refractivity contribution in [1.82, 2.24) is 20.6 Å². The summed E-state index contributed by atoms with van der Waals surface area (Å²) in [6, 6.07) is 6.13. The third-order valence-electron chi connectivity index (χ3n) is 3.66. The van der Waals surface area contributed by atoms with Gasteiger partial charge in [0.25, 0.3) is 0 Å². The Morgan fingerprint density at radius 3 is 2.23 bits per heavy atom. The monoisotopic (exact) mass is 356 g/mol. The standard InChI is InChI=1S/C14H8N6O6/c1-24-14(21)6-2-4-7(5-3-6)15-11-9-8(16-25-17-9)10-12(19-26-18-10)13(11)20(22)23/h2-5,15H,1H3. The highest BCUT2D eigenvalue weighted by atomic mass is 16.6. The van der Waals surface area contributed by atoms with Crippen molar-refractivity contribution < 1.29 is 23.7 Å². The molecular weight excluding hydrogens is 348 g/mol. The largest absolute Gasteiger partial charge is 0.465 e. The van der Waals surface area contributed by atoms with Crippen LogP contribution in [0.25, 0.3) is 22.1 Å². The number of aromatic nitrogens is 4. The molecule has 0 bridgehead atoms. The Morgan fingerprint density at radius 2 is 1.62 bits per heavy atom. The molecular formula is C14H8N6O6. The van der Waals surface area contributed by atoms with E-state index in [0.717, 1.165) is 0 Å². The molecule has 4 rings (SSSR count). The molecule has 0 saturated carbocycles. The number of fused-ring (bicyclic) bond motifs is 3. The number of nitrogens with zero attached hydrogens (tertiary/aromatic N) is 5. The second-order valence-electron chi connectivity index (χ2n) is 5.10. The minimum atomic E-state index is -0.633. The summed E-state index contributed by atoms with van der Waals surface area (Å²) in [5, 5.41) is 29.1. The van der Waals surface area contributed by atoms with Crippen molar-refractivity contribution >= 4 is 45.1 Å². The van der Waals surface area contributed by atoms with E-state index in [-0.39, 0.29) is 33.4 Å². The Kier molecular flexibility index (Phi) is 3.42. The second-order valence-corrected chi connectivity index (χ2v) is 5.10. The molecule has 0 fully saturated rings. The molecule has 0 aliphatic rings. The highest BCUT2D eigenvalue weighted by Crippen LogP contribution is 2.40. The Balaban J connectivity index is 1.87. The van der Waals surface area contributed by atoms with Gasteiger partial charge in [0.2, 0.25) is 5.52 Å². The van der Waals surface area contributed by atoms with Gasteiger partial charge in [-0.15, -0.1) is 0 Å². The minimum Gasteiger partial charge on any atom is -0.465 e. The van der Waals surface area contributed by atoms with Crippen LogP contribution in [0.1, 0.15) is 10.4 Å². The van der Waals surface area contributed by atoms with E-state index in [1.165, 1.54) is 19.2 Å². The van der Waals surface area contributed by atoms with Crippen LogP contribution in [-0.4, -0.2) is 38.6 Å². The SMILES string of the molecule is COC(=O)c1ccc(Nc2c([N+](=O)[O-])c3nonc3c3nonc23)cc1. The van der Waals surface area contributed by atoms with Gasteiger partial charge in [-0.2, -0.15) is 0 Å². The lowest BCUT2D eigenvalue weighted by Crippen LogP contribution is -2.02. The van der Waals surface area contributed by atoms with E-state index < -0.39 is 10.9 Å². The van der Waals surface area contributed by atoms with Crippen LogP contribution in [0.4, 0.5) is 17.1 Å². The van der Waals surface area contributed by atoms with Crippen molar-refractivity contribution in [3.8, 4) is 0 Å². The Bertz CT molecular complexity index is 1150. The first-order valence-electron chi connectivity index (χ1n) is 7.10. The van der Waals surface area contributed by atoms with Gasteiger partial charge in [0.1, 0.15) is 0 Å². The van der Waals surface area contributed by atoms with E-state index in [1.807, 2.05) is 0 Å². The van der Waals surface area contributed by atoms with Crippen LogP contribution in [-0.2, 0) is 4.74 Å². The summed E-state index contributed by atoms with van der Waals surface area (Å²) < 4.78 is 13.9. The Labute approximate surface area is 142 Å². The van der Waals surface area contributed by atoms with Gasteiger partial charge in [-0.3, -0.25) is 10.1 Å². The van der Waals surface area contributed by atoms with Crippen LogP contribution < -0.4 is 5.32 Å². The molecule has 130 valence electrons. The number of nitro benzene ring substituents is 1. The summed E-state index contributed by atoms with van der Waals surface area (Å²) in [7, 11) is 1.27. The summed E-state index contributed by atoms with van der Waals surface area (Å²) >= 11 is 0. The Hall–Kier alpha value is -4.09. The van der Waals surface area contributed by atoms with Gasteiger partial charge in [0.15, 0.2) is 22.2 Å². The average Bonchev–Trinajstić information content (AvgIpc) is 3.30. The molecule has 2 heterocycles. The predicted octanol–water partition coefficient (Wildman–Crippen LogP) is 2.20. The minimum absolute atomic E-state index is 0.0141.